The first-order chi connectivity index (χ1) is 16.0. The number of oxazole rings is 1. The molecule has 0 fully saturated rings. The Morgan fingerprint density at radius 2 is 1.85 bits per heavy atom. The summed E-state index contributed by atoms with van der Waals surface area (Å²) in [6.07, 6.45) is 3.17. The molecule has 1 aromatic heterocycles. The third kappa shape index (κ3) is 7.39. The van der Waals surface area contributed by atoms with Gasteiger partial charge in [0.15, 0.2) is 0 Å². The molecule has 0 bridgehead atoms. The van der Waals surface area contributed by atoms with Crippen LogP contribution in [-0.4, -0.2) is 23.3 Å². The van der Waals surface area contributed by atoms with Gasteiger partial charge in [0, 0.05) is 11.3 Å². The van der Waals surface area contributed by atoms with Crippen LogP contribution in [-0.2, 0) is 17.0 Å². The molecular formula is C27H34N2O3S. The van der Waals surface area contributed by atoms with Gasteiger partial charge in [-0.3, -0.25) is 4.79 Å². The average Bonchev–Trinajstić information content (AvgIpc) is 3.20. The van der Waals surface area contributed by atoms with Crippen molar-refractivity contribution in [1.29, 1.82) is 0 Å². The number of hydrogen-bond acceptors (Lipinski definition) is 5. The van der Waals surface area contributed by atoms with E-state index in [1.165, 1.54) is 17.3 Å². The fraction of sp³-hybridized carbons (Fsp3) is 0.407. The van der Waals surface area contributed by atoms with Crippen LogP contribution in [0, 0.1) is 6.92 Å². The summed E-state index contributed by atoms with van der Waals surface area (Å²) in [4.78, 5) is 17.1. The summed E-state index contributed by atoms with van der Waals surface area (Å²) in [7, 11) is 0. The van der Waals surface area contributed by atoms with Crippen LogP contribution in [0.4, 0.5) is 0 Å². The second-order valence-electron chi connectivity index (χ2n) is 8.13. The van der Waals surface area contributed by atoms with E-state index in [-0.39, 0.29) is 11.9 Å². The highest BCUT2D eigenvalue weighted by Crippen LogP contribution is 2.25. The number of benzene rings is 2. The fourth-order valence-corrected chi connectivity index (χ4v) is 4.19. The molecule has 1 unspecified atom stereocenters. The minimum Gasteiger partial charge on any atom is -0.494 e. The van der Waals surface area contributed by atoms with E-state index >= 15 is 0 Å². The first kappa shape index (κ1) is 24.9. The van der Waals surface area contributed by atoms with Gasteiger partial charge in [0.05, 0.1) is 24.1 Å². The SMILES string of the molecule is CCCCOc1ccc(C(C)NC(=O)CSCc2nc(-c3ccc(CC)cc3)oc2C)cc1. The molecule has 0 spiro atoms. The van der Waals surface area contributed by atoms with Crippen LogP contribution < -0.4 is 10.1 Å². The van der Waals surface area contributed by atoms with Crippen molar-refractivity contribution in [1.82, 2.24) is 10.3 Å². The molecule has 1 amide bonds. The van der Waals surface area contributed by atoms with Crippen molar-refractivity contribution in [3.05, 3.63) is 71.1 Å². The van der Waals surface area contributed by atoms with Crippen molar-refractivity contribution in [3.8, 4) is 17.2 Å². The topological polar surface area (TPSA) is 64.4 Å². The molecule has 0 radical (unpaired) electrons. The Balaban J connectivity index is 1.45. The molecule has 5 nitrogen and oxygen atoms in total. The van der Waals surface area contributed by atoms with Crippen molar-refractivity contribution in [3.63, 3.8) is 0 Å². The molecule has 33 heavy (non-hydrogen) atoms. The standard InChI is InChI=1S/C27H34N2O3S/c1-5-7-16-31-24-14-12-22(13-15-24)19(3)28-26(30)18-33-17-25-20(4)32-27(29-25)23-10-8-21(6-2)9-11-23/h8-15,19H,5-7,16-18H2,1-4H3,(H,28,30). The number of carbonyl (C=O) groups excluding carboxylic acids is 1. The maximum absolute atomic E-state index is 12.4. The highest BCUT2D eigenvalue weighted by molar-refractivity contribution is 7.99. The van der Waals surface area contributed by atoms with E-state index in [4.69, 9.17) is 9.15 Å². The lowest BCUT2D eigenvalue weighted by molar-refractivity contribution is -0.119. The summed E-state index contributed by atoms with van der Waals surface area (Å²) in [6.45, 7) is 8.93. The Hall–Kier alpha value is -2.73. The molecule has 3 rings (SSSR count). The number of aromatic nitrogens is 1. The Bertz CT molecular complexity index is 1010. The molecule has 0 aliphatic heterocycles. The van der Waals surface area contributed by atoms with Crippen LogP contribution in [0.3, 0.4) is 0 Å². The molecule has 6 heteroatoms. The lowest BCUT2D eigenvalue weighted by Gasteiger charge is -2.15. The molecule has 0 aliphatic carbocycles. The van der Waals surface area contributed by atoms with Gasteiger partial charge in [-0.25, -0.2) is 4.98 Å². The van der Waals surface area contributed by atoms with Crippen LogP contribution in [0.5, 0.6) is 5.75 Å². The number of carbonyl (C=O) groups is 1. The number of nitrogens with one attached hydrogen (secondary N) is 1. The number of thioether (sulfide) groups is 1. The van der Waals surface area contributed by atoms with Crippen molar-refractivity contribution >= 4 is 17.7 Å². The van der Waals surface area contributed by atoms with E-state index in [0.717, 1.165) is 54.2 Å². The Morgan fingerprint density at radius 1 is 1.12 bits per heavy atom. The van der Waals surface area contributed by atoms with E-state index in [1.807, 2.05) is 50.2 Å². The smallest absolute Gasteiger partial charge is 0.230 e. The molecule has 0 saturated heterocycles. The van der Waals surface area contributed by atoms with Crippen molar-refractivity contribution in [2.75, 3.05) is 12.4 Å². The first-order valence-corrected chi connectivity index (χ1v) is 12.8. The minimum atomic E-state index is -0.0609. The number of aryl methyl sites for hydroxylation is 2. The average molecular weight is 467 g/mol. The van der Waals surface area contributed by atoms with Gasteiger partial charge >= 0.3 is 0 Å². The van der Waals surface area contributed by atoms with Gasteiger partial charge < -0.3 is 14.5 Å². The van der Waals surface area contributed by atoms with Gasteiger partial charge in [0.2, 0.25) is 11.8 Å². The lowest BCUT2D eigenvalue weighted by atomic mass is 10.1. The molecule has 3 aromatic rings. The van der Waals surface area contributed by atoms with E-state index in [1.54, 1.807) is 0 Å². The largest absolute Gasteiger partial charge is 0.494 e. The first-order valence-electron chi connectivity index (χ1n) is 11.7. The molecule has 1 heterocycles. The lowest BCUT2D eigenvalue weighted by Crippen LogP contribution is -2.28. The zero-order valence-electron chi connectivity index (χ0n) is 20.0. The Kier molecular flexibility index (Phi) is 9.43. The van der Waals surface area contributed by atoms with Crippen LogP contribution in [0.25, 0.3) is 11.5 Å². The fourth-order valence-electron chi connectivity index (χ4n) is 3.36. The zero-order chi connectivity index (χ0) is 23.6. The predicted octanol–water partition coefficient (Wildman–Crippen LogP) is 6.50. The third-order valence-corrected chi connectivity index (χ3v) is 6.44. The van der Waals surface area contributed by atoms with E-state index in [0.29, 0.717) is 17.4 Å². The van der Waals surface area contributed by atoms with Crippen LogP contribution >= 0.6 is 11.8 Å². The van der Waals surface area contributed by atoms with Gasteiger partial charge in [-0.05, 0) is 62.1 Å². The van der Waals surface area contributed by atoms with E-state index in [2.05, 4.69) is 36.3 Å². The Labute approximate surface area is 201 Å². The molecule has 1 N–H and O–H groups in total. The van der Waals surface area contributed by atoms with E-state index in [9.17, 15) is 4.79 Å². The molecular weight excluding hydrogens is 432 g/mol. The van der Waals surface area contributed by atoms with Crippen molar-refractivity contribution < 1.29 is 13.9 Å². The summed E-state index contributed by atoms with van der Waals surface area (Å²) in [5.41, 5.74) is 4.20. The Morgan fingerprint density at radius 3 is 2.52 bits per heavy atom. The number of nitrogens with zero attached hydrogens (tertiary/aromatic N) is 1. The number of hydrogen-bond donors (Lipinski definition) is 1. The zero-order valence-corrected chi connectivity index (χ0v) is 20.8. The molecule has 0 saturated carbocycles. The van der Waals surface area contributed by atoms with Crippen molar-refractivity contribution in [2.45, 2.75) is 58.8 Å². The maximum Gasteiger partial charge on any atom is 0.230 e. The number of amides is 1. The van der Waals surface area contributed by atoms with E-state index < -0.39 is 0 Å². The highest BCUT2D eigenvalue weighted by Gasteiger charge is 2.14. The summed E-state index contributed by atoms with van der Waals surface area (Å²) >= 11 is 1.54. The van der Waals surface area contributed by atoms with Gasteiger partial charge in [0.1, 0.15) is 11.5 Å². The maximum atomic E-state index is 12.4. The summed E-state index contributed by atoms with van der Waals surface area (Å²) in [5.74, 6) is 3.30. The quantitative estimate of drug-likeness (QED) is 0.309. The molecule has 176 valence electrons. The predicted molar refractivity (Wildman–Crippen MR) is 136 cm³/mol. The van der Waals surface area contributed by atoms with Crippen LogP contribution in [0.2, 0.25) is 0 Å². The second kappa shape index (κ2) is 12.5. The van der Waals surface area contributed by atoms with Crippen LogP contribution in [0.1, 0.15) is 62.2 Å². The van der Waals surface area contributed by atoms with Gasteiger partial charge in [-0.1, -0.05) is 44.5 Å². The normalized spacial score (nSPS) is 11.9. The molecule has 2 aromatic carbocycles. The number of rotatable bonds is 12. The molecule has 1 atom stereocenters. The molecule has 0 aliphatic rings. The number of unbranched alkanes of at least 4 members (excludes halogenated alkanes) is 1. The van der Waals surface area contributed by atoms with Gasteiger partial charge in [-0.2, -0.15) is 0 Å². The van der Waals surface area contributed by atoms with Gasteiger partial charge in [-0.15, -0.1) is 11.8 Å². The minimum absolute atomic E-state index is 0.00676. The summed E-state index contributed by atoms with van der Waals surface area (Å²) < 4.78 is 11.6. The second-order valence-corrected chi connectivity index (χ2v) is 9.11. The number of ether oxygens (including phenoxy) is 1. The third-order valence-electron chi connectivity index (χ3n) is 5.50. The summed E-state index contributed by atoms with van der Waals surface area (Å²) in [5, 5.41) is 3.07. The van der Waals surface area contributed by atoms with Crippen LogP contribution in [0.15, 0.2) is 52.9 Å². The monoisotopic (exact) mass is 466 g/mol. The highest BCUT2D eigenvalue weighted by atomic mass is 32.2. The summed E-state index contributed by atoms with van der Waals surface area (Å²) in [6, 6.07) is 16.2. The van der Waals surface area contributed by atoms with Gasteiger partial charge in [0.25, 0.3) is 0 Å². The van der Waals surface area contributed by atoms with Crippen molar-refractivity contribution in [2.24, 2.45) is 0 Å².